The predicted octanol–water partition coefficient (Wildman–Crippen LogP) is 11.7. The van der Waals surface area contributed by atoms with E-state index in [-0.39, 0.29) is 5.56 Å². The average Bonchev–Trinajstić information content (AvgIpc) is 3.30. The lowest BCUT2D eigenvalue weighted by molar-refractivity contribution is 1.06. The molecule has 268 valence electrons. The van der Waals surface area contributed by atoms with E-state index in [0.29, 0.717) is 17.0 Å². The number of pyridine rings is 1. The molecule has 6 heteroatoms. The van der Waals surface area contributed by atoms with Crippen LogP contribution in [0.2, 0.25) is 0 Å². The van der Waals surface area contributed by atoms with Gasteiger partial charge in [0.05, 0.1) is 28.3 Å². The third kappa shape index (κ3) is 6.45. The summed E-state index contributed by atoms with van der Waals surface area (Å²) in [5.41, 5.74) is 10.5. The maximum Gasteiger partial charge on any atom is 0.263 e. The summed E-state index contributed by atoms with van der Waals surface area (Å²) in [6, 6.07) is 66.5. The molecule has 0 aliphatic rings. The van der Waals surface area contributed by atoms with Gasteiger partial charge in [0, 0.05) is 49.8 Å². The van der Waals surface area contributed by atoms with Gasteiger partial charge in [-0.1, -0.05) is 140 Å². The van der Waals surface area contributed by atoms with Crippen molar-refractivity contribution >= 4 is 21.7 Å². The SMILES string of the molecule is O=c1c2ccccc2c2cc(-c3nc(-c4ccccc4)cc(-c4ccccc4)n3)ccc2n1-c1ccc(-c2nc(-c3ccccc3)cc(-c3ccccc3)n2)cc1. The minimum Gasteiger partial charge on any atom is -0.276 e. The van der Waals surface area contributed by atoms with E-state index < -0.39 is 0 Å². The van der Waals surface area contributed by atoms with Gasteiger partial charge in [-0.05, 0) is 66.0 Å². The van der Waals surface area contributed by atoms with E-state index >= 15 is 0 Å². The third-order valence-corrected chi connectivity index (χ3v) is 10.3. The molecule has 0 fully saturated rings. The summed E-state index contributed by atoms with van der Waals surface area (Å²) in [5, 5.41) is 2.42. The van der Waals surface area contributed by atoms with Crippen molar-refractivity contribution < 1.29 is 0 Å². The smallest absolute Gasteiger partial charge is 0.263 e. The van der Waals surface area contributed by atoms with Crippen LogP contribution in [0.1, 0.15) is 0 Å². The lowest BCUT2D eigenvalue weighted by Gasteiger charge is -2.15. The van der Waals surface area contributed by atoms with Crippen LogP contribution in [0.25, 0.3) is 95.2 Å². The molecule has 10 rings (SSSR count). The number of aromatic nitrogens is 5. The Balaban J connectivity index is 1.11. The maximum atomic E-state index is 14.4. The Morgan fingerprint density at radius 1 is 0.316 bits per heavy atom. The van der Waals surface area contributed by atoms with Crippen LogP contribution in [-0.4, -0.2) is 24.5 Å². The third-order valence-electron chi connectivity index (χ3n) is 10.3. The van der Waals surface area contributed by atoms with Crippen molar-refractivity contribution in [2.45, 2.75) is 0 Å². The Kier molecular flexibility index (Phi) is 8.54. The molecule has 0 saturated heterocycles. The van der Waals surface area contributed by atoms with Crippen LogP contribution in [0.15, 0.2) is 205 Å². The summed E-state index contributed by atoms with van der Waals surface area (Å²) < 4.78 is 1.79. The van der Waals surface area contributed by atoms with Crippen molar-refractivity contribution in [1.82, 2.24) is 24.5 Å². The minimum atomic E-state index is -0.0963. The summed E-state index contributed by atoms with van der Waals surface area (Å²) in [4.78, 5) is 34.6. The quantitative estimate of drug-likeness (QED) is 0.153. The highest BCUT2D eigenvalue weighted by atomic mass is 16.1. The molecule has 57 heavy (non-hydrogen) atoms. The van der Waals surface area contributed by atoms with Crippen molar-refractivity contribution in [3.63, 3.8) is 0 Å². The molecule has 6 nitrogen and oxygen atoms in total. The number of nitrogens with zero attached hydrogens (tertiary/aromatic N) is 5. The Hall–Kier alpha value is -7.83. The number of fused-ring (bicyclic) bond motifs is 3. The zero-order valence-electron chi connectivity index (χ0n) is 30.7. The highest BCUT2D eigenvalue weighted by Crippen LogP contribution is 2.33. The normalized spacial score (nSPS) is 11.2. The zero-order chi connectivity index (χ0) is 38.1. The van der Waals surface area contributed by atoms with Gasteiger partial charge in [0.2, 0.25) is 0 Å². The molecule has 0 N–H and O–H groups in total. The molecule has 0 aliphatic heterocycles. The highest BCUT2D eigenvalue weighted by Gasteiger charge is 2.17. The second-order valence-electron chi connectivity index (χ2n) is 13.9. The standard InChI is InChI=1S/C51H33N5O/c57-51-42-24-14-13-23-41(42)43-31-39(50-54-46(36-19-9-3-10-20-36)33-47(55-50)37-21-11-4-12-22-37)27-30-48(43)56(51)40-28-25-38(26-29-40)49-52-44(34-15-5-1-6-16-34)32-45(53-49)35-17-7-2-8-18-35/h1-33H. The van der Waals surface area contributed by atoms with E-state index in [2.05, 4.69) is 54.6 Å². The molecule has 0 aliphatic carbocycles. The first-order chi connectivity index (χ1) is 28.2. The molecule has 0 saturated carbocycles. The van der Waals surface area contributed by atoms with E-state index in [1.54, 1.807) is 4.57 Å². The Labute approximate surface area is 329 Å². The van der Waals surface area contributed by atoms with Crippen molar-refractivity contribution in [3.05, 3.63) is 211 Å². The Bertz CT molecular complexity index is 3000. The molecule has 10 aromatic rings. The molecule has 0 unspecified atom stereocenters. The van der Waals surface area contributed by atoms with Gasteiger partial charge in [-0.15, -0.1) is 0 Å². The molecule has 0 spiro atoms. The van der Waals surface area contributed by atoms with Crippen molar-refractivity contribution in [2.24, 2.45) is 0 Å². The summed E-state index contributed by atoms with van der Waals surface area (Å²) in [6.45, 7) is 0. The molecule has 7 aromatic carbocycles. The second-order valence-corrected chi connectivity index (χ2v) is 13.9. The van der Waals surface area contributed by atoms with Crippen LogP contribution in [0.5, 0.6) is 0 Å². The Morgan fingerprint density at radius 3 is 1.16 bits per heavy atom. The van der Waals surface area contributed by atoms with Crippen LogP contribution in [0, 0.1) is 0 Å². The van der Waals surface area contributed by atoms with Gasteiger partial charge in [0.1, 0.15) is 0 Å². The number of hydrogen-bond donors (Lipinski definition) is 0. The summed E-state index contributed by atoms with van der Waals surface area (Å²) in [6.07, 6.45) is 0. The van der Waals surface area contributed by atoms with Gasteiger partial charge in [0.15, 0.2) is 11.6 Å². The summed E-state index contributed by atoms with van der Waals surface area (Å²) in [5.74, 6) is 1.21. The molecule has 0 radical (unpaired) electrons. The summed E-state index contributed by atoms with van der Waals surface area (Å²) in [7, 11) is 0. The molecule has 3 aromatic heterocycles. The van der Waals surface area contributed by atoms with Crippen LogP contribution in [0.3, 0.4) is 0 Å². The first-order valence-corrected chi connectivity index (χ1v) is 18.8. The topological polar surface area (TPSA) is 73.6 Å². The monoisotopic (exact) mass is 731 g/mol. The van der Waals surface area contributed by atoms with Gasteiger partial charge >= 0.3 is 0 Å². The first kappa shape index (κ1) is 33.7. The van der Waals surface area contributed by atoms with Gasteiger partial charge in [-0.25, -0.2) is 19.9 Å². The fourth-order valence-corrected chi connectivity index (χ4v) is 7.42. The minimum absolute atomic E-state index is 0.0963. The van der Waals surface area contributed by atoms with E-state index in [4.69, 9.17) is 19.9 Å². The van der Waals surface area contributed by atoms with E-state index in [0.717, 1.165) is 78.1 Å². The Morgan fingerprint density at radius 2 is 0.702 bits per heavy atom. The number of rotatable bonds is 7. The molecular formula is C51H33N5O. The van der Waals surface area contributed by atoms with E-state index in [1.807, 2.05) is 146 Å². The number of hydrogen-bond acceptors (Lipinski definition) is 5. The molecular weight excluding hydrogens is 699 g/mol. The lowest BCUT2D eigenvalue weighted by Crippen LogP contribution is -2.19. The summed E-state index contributed by atoms with van der Waals surface area (Å²) >= 11 is 0. The fraction of sp³-hybridized carbons (Fsp3) is 0. The zero-order valence-corrected chi connectivity index (χ0v) is 30.7. The van der Waals surface area contributed by atoms with Crippen molar-refractivity contribution in [1.29, 1.82) is 0 Å². The molecule has 0 amide bonds. The van der Waals surface area contributed by atoms with Crippen LogP contribution >= 0.6 is 0 Å². The largest absolute Gasteiger partial charge is 0.276 e. The fourth-order valence-electron chi connectivity index (χ4n) is 7.42. The van der Waals surface area contributed by atoms with Crippen molar-refractivity contribution in [3.8, 4) is 73.5 Å². The van der Waals surface area contributed by atoms with Crippen LogP contribution in [-0.2, 0) is 0 Å². The molecule has 3 heterocycles. The lowest BCUT2D eigenvalue weighted by atomic mass is 10.0. The first-order valence-electron chi connectivity index (χ1n) is 18.8. The van der Waals surface area contributed by atoms with Gasteiger partial charge in [0.25, 0.3) is 5.56 Å². The second kappa shape index (κ2) is 14.4. The van der Waals surface area contributed by atoms with Gasteiger partial charge < -0.3 is 0 Å². The molecule has 0 atom stereocenters. The van der Waals surface area contributed by atoms with Gasteiger partial charge in [-0.2, -0.15) is 0 Å². The van der Waals surface area contributed by atoms with E-state index in [1.165, 1.54) is 0 Å². The van der Waals surface area contributed by atoms with Gasteiger partial charge in [-0.3, -0.25) is 9.36 Å². The van der Waals surface area contributed by atoms with Crippen LogP contribution in [0.4, 0.5) is 0 Å². The number of benzene rings is 7. The molecule has 0 bridgehead atoms. The van der Waals surface area contributed by atoms with Crippen molar-refractivity contribution in [2.75, 3.05) is 0 Å². The predicted molar refractivity (Wildman–Crippen MR) is 231 cm³/mol. The average molecular weight is 732 g/mol. The maximum absolute atomic E-state index is 14.4. The highest BCUT2D eigenvalue weighted by molar-refractivity contribution is 6.07. The van der Waals surface area contributed by atoms with E-state index in [9.17, 15) is 4.79 Å². The van der Waals surface area contributed by atoms with Crippen LogP contribution < -0.4 is 5.56 Å².